The van der Waals surface area contributed by atoms with Crippen LogP contribution < -0.4 is 10.6 Å². The molecule has 1 saturated carbocycles. The lowest BCUT2D eigenvalue weighted by Gasteiger charge is -2.14. The monoisotopic (exact) mass is 405 g/mol. The lowest BCUT2D eigenvalue weighted by Crippen LogP contribution is -2.27. The quantitative estimate of drug-likeness (QED) is 0.770. The summed E-state index contributed by atoms with van der Waals surface area (Å²) in [7, 11) is -1.50. The van der Waals surface area contributed by atoms with Crippen LogP contribution in [-0.4, -0.2) is 44.7 Å². The summed E-state index contributed by atoms with van der Waals surface area (Å²) in [6.45, 7) is 0. The van der Waals surface area contributed by atoms with E-state index in [4.69, 9.17) is 0 Å². The second-order valence-corrected chi connectivity index (χ2v) is 8.80. The second kappa shape index (κ2) is 7.69. The molecular weight excluding hydrogens is 385 g/mol. The summed E-state index contributed by atoms with van der Waals surface area (Å²) < 4.78 is 39.4. The fraction of sp³-hybridized carbons (Fsp3) is 0.263. The molecule has 0 bridgehead atoms. The molecule has 9 heteroatoms. The van der Waals surface area contributed by atoms with E-state index in [0.29, 0.717) is 5.56 Å². The molecule has 0 unspecified atom stereocenters. The van der Waals surface area contributed by atoms with Gasteiger partial charge in [0.2, 0.25) is 10.0 Å². The molecule has 0 aromatic heterocycles. The molecule has 0 aliphatic heterocycles. The predicted molar refractivity (Wildman–Crippen MR) is 102 cm³/mol. The Bertz CT molecular complexity index is 1030. The Morgan fingerprint density at radius 2 is 1.75 bits per heavy atom. The third-order valence-electron chi connectivity index (χ3n) is 4.28. The maximum absolute atomic E-state index is 14.0. The highest BCUT2D eigenvalue weighted by Gasteiger charge is 2.26. The van der Waals surface area contributed by atoms with Gasteiger partial charge in [0.25, 0.3) is 11.8 Å². The van der Waals surface area contributed by atoms with Gasteiger partial charge in [-0.05, 0) is 43.2 Å². The highest BCUT2D eigenvalue weighted by atomic mass is 32.2. The minimum atomic E-state index is -4.05. The van der Waals surface area contributed by atoms with Gasteiger partial charge in [-0.3, -0.25) is 9.59 Å². The van der Waals surface area contributed by atoms with Gasteiger partial charge >= 0.3 is 0 Å². The topological polar surface area (TPSA) is 95.6 Å². The number of carbonyl (C=O) groups excluding carboxylic acids is 2. The number of carbonyl (C=O) groups is 2. The van der Waals surface area contributed by atoms with Crippen molar-refractivity contribution < 1.29 is 22.4 Å². The van der Waals surface area contributed by atoms with Crippen molar-refractivity contribution in [2.24, 2.45) is 0 Å². The Labute approximate surface area is 162 Å². The van der Waals surface area contributed by atoms with Gasteiger partial charge in [-0.15, -0.1) is 0 Å². The van der Waals surface area contributed by atoms with Crippen molar-refractivity contribution >= 4 is 27.5 Å². The zero-order chi connectivity index (χ0) is 20.5. The molecule has 1 aliphatic rings. The Morgan fingerprint density at radius 3 is 2.39 bits per heavy atom. The van der Waals surface area contributed by atoms with Gasteiger partial charge in [0, 0.05) is 25.7 Å². The molecule has 3 rings (SSSR count). The number of anilines is 1. The lowest BCUT2D eigenvalue weighted by atomic mass is 10.1. The first-order valence-electron chi connectivity index (χ1n) is 8.63. The van der Waals surface area contributed by atoms with Crippen molar-refractivity contribution in [3.8, 4) is 0 Å². The lowest BCUT2D eigenvalue weighted by molar-refractivity contribution is 0.0952. The first kappa shape index (κ1) is 20.0. The Hall–Kier alpha value is -2.78. The van der Waals surface area contributed by atoms with E-state index >= 15 is 0 Å². The minimum absolute atomic E-state index is 0.0424. The van der Waals surface area contributed by atoms with Gasteiger partial charge in [0.1, 0.15) is 10.7 Å². The van der Waals surface area contributed by atoms with E-state index in [-0.39, 0.29) is 23.2 Å². The van der Waals surface area contributed by atoms with Crippen molar-refractivity contribution in [3.63, 3.8) is 0 Å². The van der Waals surface area contributed by atoms with Crippen LogP contribution >= 0.6 is 0 Å². The van der Waals surface area contributed by atoms with Crippen LogP contribution in [0.4, 0.5) is 10.1 Å². The Kier molecular flexibility index (Phi) is 5.48. The maximum Gasteiger partial charge on any atom is 0.255 e. The van der Waals surface area contributed by atoms with E-state index < -0.39 is 26.6 Å². The summed E-state index contributed by atoms with van der Waals surface area (Å²) in [6.07, 6.45) is 1.86. The molecule has 148 valence electrons. The van der Waals surface area contributed by atoms with Crippen LogP contribution in [0.3, 0.4) is 0 Å². The molecule has 2 aromatic rings. The van der Waals surface area contributed by atoms with Gasteiger partial charge in [0.15, 0.2) is 0 Å². The molecule has 0 atom stereocenters. The summed E-state index contributed by atoms with van der Waals surface area (Å²) in [4.78, 5) is 24.4. The molecule has 7 nitrogen and oxygen atoms in total. The summed E-state index contributed by atoms with van der Waals surface area (Å²) in [5.41, 5.74) is 0.539. The van der Waals surface area contributed by atoms with Crippen molar-refractivity contribution in [1.82, 2.24) is 9.62 Å². The third kappa shape index (κ3) is 4.20. The Balaban J connectivity index is 1.87. The number of para-hydroxylation sites is 1. The molecule has 2 N–H and O–H groups in total. The number of nitrogens with zero attached hydrogens (tertiary/aromatic N) is 1. The number of rotatable bonds is 6. The van der Waals surface area contributed by atoms with Gasteiger partial charge in [-0.1, -0.05) is 12.1 Å². The number of hydrogen-bond donors (Lipinski definition) is 2. The number of hydrogen-bond acceptors (Lipinski definition) is 4. The van der Waals surface area contributed by atoms with Crippen molar-refractivity contribution in [1.29, 1.82) is 0 Å². The zero-order valence-electron chi connectivity index (χ0n) is 15.4. The average molecular weight is 405 g/mol. The highest BCUT2D eigenvalue weighted by Crippen LogP contribution is 2.23. The van der Waals surface area contributed by atoms with Crippen LogP contribution in [0.15, 0.2) is 47.4 Å². The molecule has 1 fully saturated rings. The fourth-order valence-corrected chi connectivity index (χ4v) is 3.50. The zero-order valence-corrected chi connectivity index (χ0v) is 16.2. The summed E-state index contributed by atoms with van der Waals surface area (Å²) >= 11 is 0. The van der Waals surface area contributed by atoms with E-state index in [9.17, 15) is 22.4 Å². The van der Waals surface area contributed by atoms with Crippen LogP contribution in [0.1, 0.15) is 33.6 Å². The van der Waals surface area contributed by atoms with Crippen LogP contribution in [0, 0.1) is 5.82 Å². The first-order valence-corrected chi connectivity index (χ1v) is 10.1. The van der Waals surface area contributed by atoms with E-state index in [1.165, 1.54) is 20.2 Å². The Morgan fingerprint density at radius 1 is 1.07 bits per heavy atom. The molecule has 0 radical (unpaired) electrons. The second-order valence-electron chi connectivity index (χ2n) is 6.68. The number of benzene rings is 2. The van der Waals surface area contributed by atoms with E-state index in [2.05, 4.69) is 10.6 Å². The molecule has 28 heavy (non-hydrogen) atoms. The van der Waals surface area contributed by atoms with Crippen LogP contribution in [0.25, 0.3) is 0 Å². The summed E-state index contributed by atoms with van der Waals surface area (Å²) in [6, 6.07) is 9.75. The van der Waals surface area contributed by atoms with Gasteiger partial charge < -0.3 is 10.6 Å². The molecule has 2 amide bonds. The van der Waals surface area contributed by atoms with Crippen LogP contribution in [-0.2, 0) is 10.0 Å². The molecule has 2 aromatic carbocycles. The van der Waals surface area contributed by atoms with E-state index in [0.717, 1.165) is 29.3 Å². The van der Waals surface area contributed by atoms with Crippen molar-refractivity contribution in [3.05, 3.63) is 59.4 Å². The standard InChI is InChI=1S/C19H20FN3O4S/c1-23(2)28(26,27)17-11-12(7-10-15(17)20)18(24)22-16-6-4-3-5-14(16)19(25)21-13-8-9-13/h3-7,10-11,13H,8-9H2,1-2H3,(H,21,25)(H,22,24). The summed E-state index contributed by atoms with van der Waals surface area (Å²) in [5, 5.41) is 5.45. The van der Waals surface area contributed by atoms with Crippen molar-refractivity contribution in [2.75, 3.05) is 19.4 Å². The maximum atomic E-state index is 14.0. The van der Waals surface area contributed by atoms with E-state index in [1.54, 1.807) is 24.3 Å². The van der Waals surface area contributed by atoms with Crippen LogP contribution in [0.5, 0.6) is 0 Å². The molecule has 0 heterocycles. The molecule has 1 aliphatic carbocycles. The molecule has 0 saturated heterocycles. The normalized spacial score (nSPS) is 14.0. The number of nitrogens with one attached hydrogen (secondary N) is 2. The number of sulfonamides is 1. The fourth-order valence-electron chi connectivity index (χ4n) is 2.51. The smallest absolute Gasteiger partial charge is 0.255 e. The van der Waals surface area contributed by atoms with Crippen LogP contribution in [0.2, 0.25) is 0 Å². The number of halogens is 1. The van der Waals surface area contributed by atoms with Gasteiger partial charge in [0.05, 0.1) is 11.3 Å². The molecular formula is C19H20FN3O4S. The van der Waals surface area contributed by atoms with Crippen molar-refractivity contribution in [2.45, 2.75) is 23.8 Å². The molecule has 0 spiro atoms. The predicted octanol–water partition coefficient (Wildman–Crippen LogP) is 2.22. The van der Waals surface area contributed by atoms with E-state index in [1.807, 2.05) is 0 Å². The van der Waals surface area contributed by atoms with Gasteiger partial charge in [-0.2, -0.15) is 0 Å². The number of amides is 2. The largest absolute Gasteiger partial charge is 0.349 e. The highest BCUT2D eigenvalue weighted by molar-refractivity contribution is 7.89. The average Bonchev–Trinajstić information content (AvgIpc) is 3.46. The SMILES string of the molecule is CN(C)S(=O)(=O)c1cc(C(=O)Nc2ccccc2C(=O)NC2CC2)ccc1F. The third-order valence-corrected chi connectivity index (χ3v) is 6.11. The minimum Gasteiger partial charge on any atom is -0.349 e. The summed E-state index contributed by atoms with van der Waals surface area (Å²) in [5.74, 6) is -1.90. The van der Waals surface area contributed by atoms with Gasteiger partial charge in [-0.25, -0.2) is 17.1 Å². The first-order chi connectivity index (χ1) is 13.2.